The summed E-state index contributed by atoms with van der Waals surface area (Å²) in [7, 11) is 1.68. The topological polar surface area (TPSA) is 68.7 Å². The number of carbonyl (C=O) groups excluding carboxylic acids is 2. The van der Waals surface area contributed by atoms with Gasteiger partial charge in [-0.3, -0.25) is 19.5 Å². The molecule has 1 aliphatic heterocycles. The largest absolute Gasteiger partial charge is 0.479 e. The Morgan fingerprint density at radius 1 is 1.13 bits per heavy atom. The maximum atomic E-state index is 13.5. The third kappa shape index (κ3) is 4.31. The molecule has 0 bridgehead atoms. The molecule has 2 aromatic rings. The van der Waals surface area contributed by atoms with Crippen molar-refractivity contribution < 1.29 is 19.1 Å². The summed E-state index contributed by atoms with van der Waals surface area (Å²) in [5.74, 6) is 0.733. The zero-order valence-electron chi connectivity index (χ0n) is 18.3. The number of Topliss-reactive ketones (excluding diaryl/α,β-unsaturated/α-hetero) is 2. The number of aromatic nitrogens is 1. The quantitative estimate of drug-likeness (QED) is 0.652. The minimum atomic E-state index is -0.590. The average molecular weight is 421 g/mol. The molecule has 0 radical (unpaired) electrons. The Hall–Kier alpha value is -2.83. The fraction of sp³-hybridized carbons (Fsp3) is 0.400. The van der Waals surface area contributed by atoms with Crippen molar-refractivity contribution in [3.63, 3.8) is 0 Å². The van der Waals surface area contributed by atoms with E-state index < -0.39 is 6.10 Å². The summed E-state index contributed by atoms with van der Waals surface area (Å²) in [4.78, 5) is 31.8. The lowest BCUT2D eigenvalue weighted by Crippen LogP contribution is -2.42. The molecular weight excluding hydrogens is 392 g/mol. The Morgan fingerprint density at radius 3 is 2.61 bits per heavy atom. The van der Waals surface area contributed by atoms with Crippen LogP contribution < -0.4 is 0 Å². The second kappa shape index (κ2) is 9.12. The number of nitrogens with zero attached hydrogens (tertiary/aromatic N) is 2. The van der Waals surface area contributed by atoms with Gasteiger partial charge >= 0.3 is 0 Å². The zero-order valence-corrected chi connectivity index (χ0v) is 18.3. The second-order valence-corrected chi connectivity index (χ2v) is 8.29. The molecule has 0 saturated carbocycles. The van der Waals surface area contributed by atoms with Crippen molar-refractivity contribution in [1.82, 2.24) is 9.88 Å². The molecule has 1 atom stereocenters. The summed E-state index contributed by atoms with van der Waals surface area (Å²) in [5.41, 5.74) is 4.01. The van der Waals surface area contributed by atoms with Gasteiger partial charge in [0.25, 0.3) is 0 Å². The van der Waals surface area contributed by atoms with E-state index in [4.69, 9.17) is 9.47 Å². The van der Waals surface area contributed by atoms with E-state index in [-0.39, 0.29) is 17.6 Å². The molecule has 162 valence electrons. The number of aryl methyl sites for hydroxylation is 1. The first-order chi connectivity index (χ1) is 15.0. The number of rotatable bonds is 8. The van der Waals surface area contributed by atoms with Crippen molar-refractivity contribution in [2.75, 3.05) is 26.8 Å². The van der Waals surface area contributed by atoms with Crippen LogP contribution in [-0.4, -0.2) is 60.4 Å². The predicted molar refractivity (Wildman–Crippen MR) is 119 cm³/mol. The number of pyridine rings is 1. The Bertz CT molecular complexity index is 1010. The number of ether oxygens (including phenoxy) is 2. The van der Waals surface area contributed by atoms with Crippen LogP contribution in [0.5, 0.6) is 0 Å². The molecule has 1 aromatic heterocycles. The maximum absolute atomic E-state index is 13.5. The summed E-state index contributed by atoms with van der Waals surface area (Å²) < 4.78 is 11.6. The SMILES string of the molecule is COCCN(CC1OC(c2ccc3c(c2)CCC3=O)=C(c2ccncc2)C1=O)C(C)C. The van der Waals surface area contributed by atoms with Gasteiger partial charge < -0.3 is 9.47 Å². The van der Waals surface area contributed by atoms with Gasteiger partial charge in [0.05, 0.1) is 12.2 Å². The number of ketones is 2. The number of hydrogen-bond acceptors (Lipinski definition) is 6. The van der Waals surface area contributed by atoms with Crippen molar-refractivity contribution >= 4 is 22.9 Å². The van der Waals surface area contributed by atoms with E-state index >= 15 is 0 Å². The highest BCUT2D eigenvalue weighted by Crippen LogP contribution is 2.38. The fourth-order valence-corrected chi connectivity index (χ4v) is 4.23. The molecule has 4 rings (SSSR count). The summed E-state index contributed by atoms with van der Waals surface area (Å²) in [5, 5.41) is 0. The number of fused-ring (bicyclic) bond motifs is 1. The average Bonchev–Trinajstić information content (AvgIpc) is 3.31. The predicted octanol–water partition coefficient (Wildman–Crippen LogP) is 3.40. The van der Waals surface area contributed by atoms with Crippen LogP contribution in [0.15, 0.2) is 42.7 Å². The molecule has 1 aliphatic carbocycles. The van der Waals surface area contributed by atoms with Gasteiger partial charge in [0.15, 0.2) is 11.9 Å². The van der Waals surface area contributed by atoms with Crippen molar-refractivity contribution in [3.05, 3.63) is 65.0 Å². The standard InChI is InChI=1S/C25H28N2O4/c1-16(2)27(12-13-30-3)15-22-24(29)23(17-8-10-26-11-9-17)25(31-22)19-4-6-20-18(14-19)5-7-21(20)28/h4,6,8-11,14,16,22H,5,7,12-13,15H2,1-3H3. The lowest BCUT2D eigenvalue weighted by atomic mass is 9.96. The van der Waals surface area contributed by atoms with Gasteiger partial charge in [-0.1, -0.05) is 12.1 Å². The molecule has 0 amide bonds. The molecule has 31 heavy (non-hydrogen) atoms. The molecule has 0 spiro atoms. The summed E-state index contributed by atoms with van der Waals surface area (Å²) >= 11 is 0. The van der Waals surface area contributed by atoms with Gasteiger partial charge in [0.2, 0.25) is 5.78 Å². The third-order valence-corrected chi connectivity index (χ3v) is 6.00. The molecule has 1 unspecified atom stereocenters. The van der Waals surface area contributed by atoms with E-state index in [9.17, 15) is 9.59 Å². The van der Waals surface area contributed by atoms with Gasteiger partial charge in [-0.15, -0.1) is 0 Å². The molecule has 0 N–H and O–H groups in total. The van der Waals surface area contributed by atoms with Crippen molar-refractivity contribution in [1.29, 1.82) is 0 Å². The van der Waals surface area contributed by atoms with Crippen molar-refractivity contribution in [3.8, 4) is 0 Å². The van der Waals surface area contributed by atoms with Gasteiger partial charge in [-0.05, 0) is 49.6 Å². The number of methoxy groups -OCH3 is 1. The fourth-order valence-electron chi connectivity index (χ4n) is 4.23. The first kappa shape index (κ1) is 21.4. The normalized spacial score (nSPS) is 18.3. The Morgan fingerprint density at radius 2 is 1.90 bits per heavy atom. The first-order valence-electron chi connectivity index (χ1n) is 10.7. The summed E-state index contributed by atoms with van der Waals surface area (Å²) in [6.45, 7) is 6.01. The van der Waals surface area contributed by atoms with Crippen LogP contribution in [0.25, 0.3) is 11.3 Å². The minimum Gasteiger partial charge on any atom is -0.479 e. The zero-order chi connectivity index (χ0) is 22.0. The van der Waals surface area contributed by atoms with Gasteiger partial charge in [0, 0.05) is 56.2 Å². The van der Waals surface area contributed by atoms with Crippen LogP contribution >= 0.6 is 0 Å². The first-order valence-corrected chi connectivity index (χ1v) is 10.7. The van der Waals surface area contributed by atoms with E-state index in [1.807, 2.05) is 30.3 Å². The summed E-state index contributed by atoms with van der Waals surface area (Å²) in [6, 6.07) is 9.67. The monoisotopic (exact) mass is 420 g/mol. The van der Waals surface area contributed by atoms with Gasteiger partial charge in [0.1, 0.15) is 5.76 Å². The van der Waals surface area contributed by atoms with Crippen LogP contribution in [0.2, 0.25) is 0 Å². The number of hydrogen-bond donors (Lipinski definition) is 0. The van der Waals surface area contributed by atoms with Gasteiger partial charge in [-0.2, -0.15) is 0 Å². The van der Waals surface area contributed by atoms with Crippen LogP contribution in [0.4, 0.5) is 0 Å². The second-order valence-electron chi connectivity index (χ2n) is 8.29. The minimum absolute atomic E-state index is 0.0270. The molecule has 6 heteroatoms. The van der Waals surface area contributed by atoms with Crippen LogP contribution in [-0.2, 0) is 20.7 Å². The molecule has 2 heterocycles. The molecule has 0 fully saturated rings. The number of benzene rings is 1. The van der Waals surface area contributed by atoms with Crippen LogP contribution in [0.1, 0.15) is 47.3 Å². The highest BCUT2D eigenvalue weighted by atomic mass is 16.5. The highest BCUT2D eigenvalue weighted by molar-refractivity contribution is 6.31. The summed E-state index contributed by atoms with van der Waals surface area (Å²) in [6.07, 6.45) is 4.05. The Balaban J connectivity index is 1.69. The van der Waals surface area contributed by atoms with Crippen molar-refractivity contribution in [2.24, 2.45) is 0 Å². The lowest BCUT2D eigenvalue weighted by molar-refractivity contribution is -0.120. The molecule has 2 aliphatic rings. The Labute approximate surface area is 182 Å². The molecular formula is C25H28N2O4. The smallest absolute Gasteiger partial charge is 0.208 e. The van der Waals surface area contributed by atoms with Crippen LogP contribution in [0.3, 0.4) is 0 Å². The highest BCUT2D eigenvalue weighted by Gasteiger charge is 2.38. The van der Waals surface area contributed by atoms with E-state index in [0.29, 0.717) is 30.9 Å². The molecule has 0 saturated heterocycles. The molecule has 6 nitrogen and oxygen atoms in total. The maximum Gasteiger partial charge on any atom is 0.208 e. The van der Waals surface area contributed by atoms with E-state index in [1.165, 1.54) is 0 Å². The van der Waals surface area contributed by atoms with Gasteiger partial charge in [-0.25, -0.2) is 0 Å². The van der Waals surface area contributed by atoms with E-state index in [0.717, 1.165) is 35.2 Å². The Kier molecular flexibility index (Phi) is 6.30. The third-order valence-electron chi connectivity index (χ3n) is 6.00. The van der Waals surface area contributed by atoms with E-state index in [1.54, 1.807) is 19.5 Å². The molecule has 1 aromatic carbocycles. The van der Waals surface area contributed by atoms with Crippen LogP contribution in [0, 0.1) is 0 Å². The van der Waals surface area contributed by atoms with Crippen molar-refractivity contribution in [2.45, 2.75) is 38.8 Å². The number of carbonyl (C=O) groups is 2. The lowest BCUT2D eigenvalue weighted by Gasteiger charge is -2.28. The van der Waals surface area contributed by atoms with E-state index in [2.05, 4.69) is 23.7 Å².